The highest BCUT2D eigenvalue weighted by molar-refractivity contribution is 5.93. The lowest BCUT2D eigenvalue weighted by Gasteiger charge is -2.26. The van der Waals surface area contributed by atoms with Gasteiger partial charge >= 0.3 is 0 Å². The third kappa shape index (κ3) is 5.88. The largest absolute Gasteiger partial charge is 0.497 e. The molecule has 0 aliphatic carbocycles. The van der Waals surface area contributed by atoms with E-state index in [0.717, 1.165) is 26.2 Å². The van der Waals surface area contributed by atoms with Crippen LogP contribution >= 0.6 is 24.8 Å². The second-order valence-electron chi connectivity index (χ2n) is 4.64. The van der Waals surface area contributed by atoms with Gasteiger partial charge in [0.1, 0.15) is 11.5 Å². The normalized spacial score (nSPS) is 14.3. The first kappa shape index (κ1) is 20.8. The predicted molar refractivity (Wildman–Crippen MR) is 92.0 cm³/mol. The molecule has 2 rings (SSSR count). The maximum Gasteiger partial charge on any atom is 0.238 e. The Bertz CT molecular complexity index is 469. The van der Waals surface area contributed by atoms with Crippen molar-refractivity contribution in [2.45, 2.75) is 0 Å². The number of benzene rings is 1. The van der Waals surface area contributed by atoms with Crippen LogP contribution in [0.4, 0.5) is 5.69 Å². The molecule has 1 aromatic carbocycles. The number of carbonyl (C=O) groups excluding carboxylic acids is 1. The molecule has 2 N–H and O–H groups in total. The minimum Gasteiger partial charge on any atom is -0.497 e. The molecule has 0 radical (unpaired) electrons. The molecule has 1 heterocycles. The minimum atomic E-state index is -0.0321. The van der Waals surface area contributed by atoms with E-state index in [0.29, 0.717) is 23.7 Å². The predicted octanol–water partition coefficient (Wildman–Crippen LogP) is 1.39. The van der Waals surface area contributed by atoms with Gasteiger partial charge in [-0.05, 0) is 12.1 Å². The van der Waals surface area contributed by atoms with Crippen molar-refractivity contribution >= 4 is 36.4 Å². The highest BCUT2D eigenvalue weighted by atomic mass is 35.5. The molecule has 1 fully saturated rings. The first-order valence-electron chi connectivity index (χ1n) is 6.68. The zero-order valence-electron chi connectivity index (χ0n) is 12.8. The van der Waals surface area contributed by atoms with Crippen LogP contribution in [0, 0.1) is 0 Å². The molecule has 126 valence electrons. The van der Waals surface area contributed by atoms with E-state index in [1.54, 1.807) is 32.4 Å². The van der Waals surface area contributed by atoms with Crippen LogP contribution in [0.3, 0.4) is 0 Å². The molecule has 1 aromatic rings. The number of anilines is 1. The van der Waals surface area contributed by atoms with E-state index in [1.807, 2.05) is 0 Å². The second-order valence-corrected chi connectivity index (χ2v) is 4.64. The fraction of sp³-hybridized carbons (Fsp3) is 0.500. The summed E-state index contributed by atoms with van der Waals surface area (Å²) in [6, 6.07) is 5.33. The van der Waals surface area contributed by atoms with Gasteiger partial charge in [-0.3, -0.25) is 9.69 Å². The summed E-state index contributed by atoms with van der Waals surface area (Å²) in [4.78, 5) is 14.2. The average molecular weight is 352 g/mol. The van der Waals surface area contributed by atoms with Crippen molar-refractivity contribution in [2.75, 3.05) is 52.3 Å². The molecule has 0 bridgehead atoms. The molecule has 0 saturated carbocycles. The monoisotopic (exact) mass is 351 g/mol. The molecule has 0 unspecified atom stereocenters. The summed E-state index contributed by atoms with van der Waals surface area (Å²) in [5, 5.41) is 6.14. The molecule has 1 saturated heterocycles. The Morgan fingerprint density at radius 2 is 1.91 bits per heavy atom. The highest BCUT2D eigenvalue weighted by Gasteiger charge is 2.15. The van der Waals surface area contributed by atoms with Gasteiger partial charge in [0.05, 0.1) is 26.5 Å². The van der Waals surface area contributed by atoms with Gasteiger partial charge in [0, 0.05) is 32.2 Å². The van der Waals surface area contributed by atoms with Crippen LogP contribution in [0.25, 0.3) is 0 Å². The van der Waals surface area contributed by atoms with Crippen LogP contribution in [0.15, 0.2) is 18.2 Å². The van der Waals surface area contributed by atoms with E-state index < -0.39 is 0 Å². The molecule has 1 amide bonds. The van der Waals surface area contributed by atoms with Crippen LogP contribution in [0.2, 0.25) is 0 Å². The fourth-order valence-corrected chi connectivity index (χ4v) is 2.16. The molecule has 22 heavy (non-hydrogen) atoms. The number of halogens is 2. The maximum atomic E-state index is 12.0. The van der Waals surface area contributed by atoms with Crippen LogP contribution in [0.1, 0.15) is 0 Å². The van der Waals surface area contributed by atoms with Crippen molar-refractivity contribution in [3.8, 4) is 11.5 Å². The molecular weight excluding hydrogens is 329 g/mol. The summed E-state index contributed by atoms with van der Waals surface area (Å²) in [6.45, 7) is 4.05. The lowest BCUT2D eigenvalue weighted by molar-refractivity contribution is -0.117. The van der Waals surface area contributed by atoms with Gasteiger partial charge in [0.2, 0.25) is 5.91 Å². The average Bonchev–Trinajstić information content (AvgIpc) is 2.48. The third-order valence-corrected chi connectivity index (χ3v) is 3.26. The van der Waals surface area contributed by atoms with Crippen LogP contribution in [0.5, 0.6) is 11.5 Å². The molecule has 6 nitrogen and oxygen atoms in total. The van der Waals surface area contributed by atoms with Crippen molar-refractivity contribution in [1.29, 1.82) is 0 Å². The number of ether oxygens (including phenoxy) is 2. The second kappa shape index (κ2) is 10.5. The lowest BCUT2D eigenvalue weighted by Crippen LogP contribution is -2.46. The van der Waals surface area contributed by atoms with E-state index in [9.17, 15) is 4.79 Å². The maximum absolute atomic E-state index is 12.0. The smallest absolute Gasteiger partial charge is 0.238 e. The summed E-state index contributed by atoms with van der Waals surface area (Å²) >= 11 is 0. The van der Waals surface area contributed by atoms with Gasteiger partial charge in [-0.1, -0.05) is 0 Å². The topological polar surface area (TPSA) is 62.8 Å². The molecule has 0 atom stereocenters. The van der Waals surface area contributed by atoms with Gasteiger partial charge in [-0.25, -0.2) is 0 Å². The van der Waals surface area contributed by atoms with Gasteiger partial charge in [0.15, 0.2) is 0 Å². The zero-order chi connectivity index (χ0) is 14.4. The Morgan fingerprint density at radius 1 is 1.23 bits per heavy atom. The Balaban J connectivity index is 0.00000220. The van der Waals surface area contributed by atoms with E-state index in [1.165, 1.54) is 0 Å². The number of piperazine rings is 1. The number of hydrogen-bond donors (Lipinski definition) is 2. The first-order chi connectivity index (χ1) is 9.72. The molecule has 1 aliphatic rings. The van der Waals surface area contributed by atoms with Crippen molar-refractivity contribution < 1.29 is 14.3 Å². The van der Waals surface area contributed by atoms with Crippen molar-refractivity contribution in [2.24, 2.45) is 0 Å². The number of rotatable bonds is 5. The molecule has 8 heteroatoms. The minimum absolute atomic E-state index is 0. The van der Waals surface area contributed by atoms with Crippen molar-refractivity contribution in [3.05, 3.63) is 18.2 Å². The fourth-order valence-electron chi connectivity index (χ4n) is 2.16. The number of carbonyl (C=O) groups is 1. The number of nitrogens with one attached hydrogen (secondary N) is 2. The van der Waals surface area contributed by atoms with E-state index in [4.69, 9.17) is 9.47 Å². The summed E-state index contributed by atoms with van der Waals surface area (Å²) in [7, 11) is 3.16. The molecular formula is C14H23Cl2N3O3. The SMILES string of the molecule is COc1ccc(NC(=O)CN2CCNCC2)c(OC)c1.Cl.Cl. The number of amides is 1. The van der Waals surface area contributed by atoms with Gasteiger partial charge in [-0.15, -0.1) is 24.8 Å². The van der Waals surface area contributed by atoms with Crippen molar-refractivity contribution in [3.63, 3.8) is 0 Å². The lowest BCUT2D eigenvalue weighted by atomic mass is 10.2. The van der Waals surface area contributed by atoms with E-state index in [2.05, 4.69) is 15.5 Å². The van der Waals surface area contributed by atoms with Crippen LogP contribution in [-0.4, -0.2) is 57.8 Å². The summed E-state index contributed by atoms with van der Waals surface area (Å²) in [6.07, 6.45) is 0. The summed E-state index contributed by atoms with van der Waals surface area (Å²) in [5.41, 5.74) is 0.661. The standard InChI is InChI=1S/C14H21N3O3.2ClH/c1-19-11-3-4-12(13(9-11)20-2)16-14(18)10-17-7-5-15-6-8-17;;/h3-4,9,15H,5-8,10H2,1-2H3,(H,16,18);2*1H. The number of nitrogens with zero attached hydrogens (tertiary/aromatic N) is 1. The quantitative estimate of drug-likeness (QED) is 0.839. The molecule has 0 aromatic heterocycles. The number of hydrogen-bond acceptors (Lipinski definition) is 5. The van der Waals surface area contributed by atoms with E-state index >= 15 is 0 Å². The highest BCUT2D eigenvalue weighted by Crippen LogP contribution is 2.28. The van der Waals surface area contributed by atoms with Gasteiger partial charge in [-0.2, -0.15) is 0 Å². The van der Waals surface area contributed by atoms with Gasteiger partial charge in [0.25, 0.3) is 0 Å². The summed E-state index contributed by atoms with van der Waals surface area (Å²) < 4.78 is 10.4. The zero-order valence-corrected chi connectivity index (χ0v) is 14.4. The Hall–Kier alpha value is -1.21. The third-order valence-electron chi connectivity index (χ3n) is 3.26. The molecule has 1 aliphatic heterocycles. The molecule has 0 spiro atoms. The van der Waals surface area contributed by atoms with E-state index in [-0.39, 0.29) is 30.7 Å². The first-order valence-corrected chi connectivity index (χ1v) is 6.68. The van der Waals surface area contributed by atoms with Gasteiger partial charge < -0.3 is 20.1 Å². The summed E-state index contributed by atoms with van der Waals surface area (Å²) in [5.74, 6) is 1.26. The number of methoxy groups -OCH3 is 2. The van der Waals surface area contributed by atoms with Crippen LogP contribution < -0.4 is 20.1 Å². The Kier molecular flexibility index (Phi) is 9.93. The van der Waals surface area contributed by atoms with Crippen LogP contribution in [-0.2, 0) is 4.79 Å². The van der Waals surface area contributed by atoms with Crippen molar-refractivity contribution in [1.82, 2.24) is 10.2 Å². The Morgan fingerprint density at radius 3 is 2.50 bits per heavy atom. The Labute approximate surface area is 143 Å².